The zero-order chi connectivity index (χ0) is 17.4. The van der Waals surface area contributed by atoms with Crippen LogP contribution in [0.25, 0.3) is 10.9 Å². The van der Waals surface area contributed by atoms with Gasteiger partial charge in [-0.2, -0.15) is 0 Å². The number of ether oxygens (including phenoxy) is 1. The molecule has 1 heterocycles. The maximum Gasteiger partial charge on any atom is 0.338 e. The molecule has 0 aliphatic heterocycles. The number of fused-ring (bicyclic) bond motifs is 3. The second-order valence-corrected chi connectivity index (χ2v) is 6.45. The van der Waals surface area contributed by atoms with E-state index < -0.39 is 0 Å². The highest BCUT2D eigenvalue weighted by molar-refractivity contribution is 6.15. The van der Waals surface area contributed by atoms with Gasteiger partial charge in [0, 0.05) is 31.3 Å². The number of allylic oxidation sites excluding steroid dienone is 1. The Hall–Kier alpha value is -2.56. The van der Waals surface area contributed by atoms with Crippen LogP contribution in [0.1, 0.15) is 44.8 Å². The largest absolute Gasteiger partial charge is 0.465 e. The Bertz CT molecular complexity index is 859. The lowest BCUT2D eigenvalue weighted by molar-refractivity contribution is 0.0602. The van der Waals surface area contributed by atoms with E-state index >= 15 is 0 Å². The topological polar surface area (TPSA) is 62.4 Å². The summed E-state index contributed by atoms with van der Waals surface area (Å²) in [7, 11) is 5.20. The Labute approximate surface area is 141 Å². The van der Waals surface area contributed by atoms with Crippen molar-refractivity contribution in [1.29, 1.82) is 0 Å². The molecule has 1 aliphatic carbocycles. The molecule has 0 saturated carbocycles. The fraction of sp³-hybridized carbons (Fsp3) is 0.368. The van der Waals surface area contributed by atoms with Crippen LogP contribution in [-0.2, 0) is 11.2 Å². The smallest absolute Gasteiger partial charge is 0.338 e. The molecule has 1 aliphatic rings. The first-order chi connectivity index (χ1) is 11.4. The van der Waals surface area contributed by atoms with E-state index in [0.717, 1.165) is 46.9 Å². The molecular formula is C19H22N2O3. The zero-order valence-electron chi connectivity index (χ0n) is 14.5. The van der Waals surface area contributed by atoms with Crippen LogP contribution in [0.3, 0.4) is 0 Å². The van der Waals surface area contributed by atoms with E-state index in [4.69, 9.17) is 4.74 Å². The third-order valence-electron chi connectivity index (χ3n) is 4.48. The van der Waals surface area contributed by atoms with Gasteiger partial charge in [0.15, 0.2) is 0 Å². The van der Waals surface area contributed by atoms with Crippen molar-refractivity contribution in [3.8, 4) is 0 Å². The molecule has 1 aromatic carbocycles. The van der Waals surface area contributed by atoms with Crippen LogP contribution < -0.4 is 0 Å². The summed E-state index contributed by atoms with van der Waals surface area (Å²) < 4.78 is 4.92. The van der Waals surface area contributed by atoms with Crippen LogP contribution >= 0.6 is 0 Å². The second kappa shape index (κ2) is 6.15. The van der Waals surface area contributed by atoms with E-state index in [-0.39, 0.29) is 11.8 Å². The van der Waals surface area contributed by atoms with Crippen LogP contribution in [0.2, 0.25) is 0 Å². The van der Waals surface area contributed by atoms with Gasteiger partial charge < -0.3 is 14.6 Å². The first-order valence-corrected chi connectivity index (χ1v) is 8.08. The van der Waals surface area contributed by atoms with Crippen molar-refractivity contribution in [2.45, 2.75) is 26.2 Å². The summed E-state index contributed by atoms with van der Waals surface area (Å²) in [5, 5.41) is 0.830. The van der Waals surface area contributed by atoms with Crippen molar-refractivity contribution in [1.82, 2.24) is 9.88 Å². The van der Waals surface area contributed by atoms with Crippen molar-refractivity contribution >= 4 is 22.7 Å². The third-order valence-corrected chi connectivity index (χ3v) is 4.48. The Morgan fingerprint density at radius 3 is 2.71 bits per heavy atom. The number of hydrogen-bond donors (Lipinski definition) is 1. The number of carbonyl (C=O) groups is 2. The second-order valence-electron chi connectivity index (χ2n) is 6.45. The summed E-state index contributed by atoms with van der Waals surface area (Å²) in [6.07, 6.45) is 4.26. The molecule has 126 valence electrons. The number of H-pyrrole nitrogens is 1. The van der Waals surface area contributed by atoms with Crippen LogP contribution in [-0.4, -0.2) is 42.8 Å². The molecule has 1 aromatic heterocycles. The number of carbonyl (C=O) groups excluding carboxylic acids is 2. The summed E-state index contributed by atoms with van der Waals surface area (Å²) in [6.45, 7) is 1.97. The van der Waals surface area contributed by atoms with Gasteiger partial charge >= 0.3 is 5.97 Å². The molecule has 0 bridgehead atoms. The molecular weight excluding hydrogens is 304 g/mol. The lowest BCUT2D eigenvalue weighted by Gasteiger charge is -2.08. The SMILES string of the molecule is COC(=O)c1ccc(C)c2[nH]c3c(c12)CCC/C(=C\N(C)C)C3=O. The van der Waals surface area contributed by atoms with Crippen molar-refractivity contribution in [3.05, 3.63) is 46.3 Å². The van der Waals surface area contributed by atoms with Crippen molar-refractivity contribution in [3.63, 3.8) is 0 Å². The van der Waals surface area contributed by atoms with Crippen molar-refractivity contribution < 1.29 is 14.3 Å². The number of hydrogen-bond acceptors (Lipinski definition) is 4. The van der Waals surface area contributed by atoms with E-state index in [9.17, 15) is 9.59 Å². The van der Waals surface area contributed by atoms with E-state index in [0.29, 0.717) is 11.3 Å². The Balaban J connectivity index is 2.27. The number of methoxy groups -OCH3 is 1. The quantitative estimate of drug-likeness (QED) is 0.523. The van der Waals surface area contributed by atoms with Gasteiger partial charge in [-0.15, -0.1) is 0 Å². The Morgan fingerprint density at radius 2 is 2.04 bits per heavy atom. The summed E-state index contributed by atoms with van der Waals surface area (Å²) in [5.74, 6) is -0.356. The number of benzene rings is 1. The lowest BCUT2D eigenvalue weighted by Crippen LogP contribution is -2.09. The van der Waals surface area contributed by atoms with Crippen LogP contribution in [0.15, 0.2) is 23.9 Å². The Morgan fingerprint density at radius 1 is 1.29 bits per heavy atom. The minimum absolute atomic E-state index is 0.0163. The average molecular weight is 326 g/mol. The van der Waals surface area contributed by atoms with E-state index in [1.165, 1.54) is 7.11 Å². The average Bonchev–Trinajstić information content (AvgIpc) is 2.86. The molecule has 5 nitrogen and oxygen atoms in total. The summed E-state index contributed by atoms with van der Waals surface area (Å²) in [4.78, 5) is 30.3. The Kier molecular flexibility index (Phi) is 4.18. The van der Waals surface area contributed by atoms with Gasteiger partial charge in [0.05, 0.1) is 23.9 Å². The number of aromatic nitrogens is 1. The minimum atomic E-state index is -0.373. The molecule has 2 aromatic rings. The lowest BCUT2D eigenvalue weighted by atomic mass is 9.99. The normalized spacial score (nSPS) is 16.2. The molecule has 3 rings (SSSR count). The maximum absolute atomic E-state index is 13.0. The molecule has 0 amide bonds. The number of rotatable bonds is 2. The number of esters is 1. The van der Waals surface area contributed by atoms with Gasteiger partial charge in [0.25, 0.3) is 0 Å². The number of Topliss-reactive ketones (excluding diaryl/α,β-unsaturated/α-hetero) is 1. The number of ketones is 1. The number of nitrogens with zero attached hydrogens (tertiary/aromatic N) is 1. The van der Waals surface area contributed by atoms with Crippen LogP contribution in [0, 0.1) is 6.92 Å². The summed E-state index contributed by atoms with van der Waals surface area (Å²) in [6, 6.07) is 3.66. The number of aryl methyl sites for hydroxylation is 2. The molecule has 0 unspecified atom stereocenters. The van der Waals surface area contributed by atoms with Gasteiger partial charge in [0.2, 0.25) is 5.78 Å². The van der Waals surface area contributed by atoms with Crippen LogP contribution in [0.4, 0.5) is 0 Å². The highest BCUT2D eigenvalue weighted by atomic mass is 16.5. The summed E-state index contributed by atoms with van der Waals surface area (Å²) >= 11 is 0. The van der Waals surface area contributed by atoms with Crippen molar-refractivity contribution in [2.24, 2.45) is 0 Å². The zero-order valence-corrected chi connectivity index (χ0v) is 14.5. The molecule has 1 N–H and O–H groups in total. The molecule has 0 saturated heterocycles. The molecule has 0 atom stereocenters. The fourth-order valence-corrected chi connectivity index (χ4v) is 3.40. The first kappa shape index (κ1) is 16.3. The maximum atomic E-state index is 13.0. The van der Waals surface area contributed by atoms with Gasteiger partial charge in [-0.1, -0.05) is 6.07 Å². The molecule has 0 radical (unpaired) electrons. The highest BCUT2D eigenvalue weighted by Crippen LogP contribution is 2.34. The minimum Gasteiger partial charge on any atom is -0.465 e. The molecule has 0 spiro atoms. The predicted octanol–water partition coefficient (Wildman–Crippen LogP) is 3.23. The monoisotopic (exact) mass is 326 g/mol. The first-order valence-electron chi connectivity index (χ1n) is 8.08. The molecule has 5 heteroatoms. The van der Waals surface area contributed by atoms with Gasteiger partial charge in [-0.3, -0.25) is 4.79 Å². The molecule has 0 fully saturated rings. The number of nitrogens with one attached hydrogen (secondary N) is 1. The van der Waals surface area contributed by atoms with E-state index in [2.05, 4.69) is 4.98 Å². The van der Waals surface area contributed by atoms with E-state index in [1.807, 2.05) is 38.2 Å². The van der Waals surface area contributed by atoms with Crippen molar-refractivity contribution in [2.75, 3.05) is 21.2 Å². The number of aromatic amines is 1. The third kappa shape index (κ3) is 2.60. The van der Waals surface area contributed by atoms with Gasteiger partial charge in [0.1, 0.15) is 0 Å². The van der Waals surface area contributed by atoms with Gasteiger partial charge in [-0.05, 0) is 43.4 Å². The molecule has 24 heavy (non-hydrogen) atoms. The van der Waals surface area contributed by atoms with Crippen LogP contribution in [0.5, 0.6) is 0 Å². The standard InChI is InChI=1S/C19H22N2O3/c1-11-8-9-14(19(23)24-4)15-13-7-5-6-12(10-21(2)3)18(22)17(13)20-16(11)15/h8-10,20H,5-7H2,1-4H3/b12-10+. The van der Waals surface area contributed by atoms with Gasteiger partial charge in [-0.25, -0.2) is 4.79 Å². The summed E-state index contributed by atoms with van der Waals surface area (Å²) in [5.41, 5.74) is 4.71. The highest BCUT2D eigenvalue weighted by Gasteiger charge is 2.27. The predicted molar refractivity (Wildman–Crippen MR) is 93.4 cm³/mol. The van der Waals surface area contributed by atoms with E-state index in [1.54, 1.807) is 6.07 Å². The fourth-order valence-electron chi connectivity index (χ4n) is 3.40.